The molecule has 37 heavy (non-hydrogen) atoms. The summed E-state index contributed by atoms with van der Waals surface area (Å²) in [5, 5.41) is 8.14. The highest BCUT2D eigenvalue weighted by molar-refractivity contribution is 5.85. The van der Waals surface area contributed by atoms with Crippen molar-refractivity contribution in [2.24, 2.45) is 0 Å². The largest absolute Gasteiger partial charge is 0.382 e. The number of aryl methyl sites for hydroxylation is 1. The molecular formula is C26H31F2N7O2. The number of nitrogens with one attached hydrogen (secondary N) is 1. The van der Waals surface area contributed by atoms with Crippen LogP contribution >= 0.6 is 0 Å². The molecule has 2 aliphatic carbocycles. The molecule has 2 fully saturated rings. The van der Waals surface area contributed by atoms with Gasteiger partial charge in [0.15, 0.2) is 5.65 Å². The third kappa shape index (κ3) is 4.77. The molecule has 0 aliphatic heterocycles. The van der Waals surface area contributed by atoms with Crippen molar-refractivity contribution in [3.63, 3.8) is 0 Å². The zero-order valence-electron chi connectivity index (χ0n) is 21.0. The maximum atomic E-state index is 13.6. The molecule has 1 N–H and O–H groups in total. The molecule has 2 aliphatic rings. The molecule has 0 radical (unpaired) electrons. The summed E-state index contributed by atoms with van der Waals surface area (Å²) in [6.45, 7) is 3.10. The van der Waals surface area contributed by atoms with Crippen molar-refractivity contribution in [3.8, 4) is 11.1 Å². The average Bonchev–Trinajstić information content (AvgIpc) is 3.43. The predicted octanol–water partition coefficient (Wildman–Crippen LogP) is 4.81. The Bertz CT molecular complexity index is 1400. The van der Waals surface area contributed by atoms with Gasteiger partial charge < -0.3 is 19.4 Å². The maximum absolute atomic E-state index is 13.6. The summed E-state index contributed by atoms with van der Waals surface area (Å²) in [6.07, 6.45) is 9.45. The molecule has 0 spiro atoms. The van der Waals surface area contributed by atoms with Crippen LogP contribution in [0.1, 0.15) is 50.4 Å². The first kappa shape index (κ1) is 24.2. The van der Waals surface area contributed by atoms with Gasteiger partial charge in [-0.15, -0.1) is 5.10 Å². The van der Waals surface area contributed by atoms with Crippen molar-refractivity contribution in [1.82, 2.24) is 29.1 Å². The van der Waals surface area contributed by atoms with Gasteiger partial charge in [0.25, 0.3) is 5.92 Å². The van der Waals surface area contributed by atoms with Crippen LogP contribution in [0.3, 0.4) is 0 Å². The van der Waals surface area contributed by atoms with E-state index in [0.717, 1.165) is 47.8 Å². The standard InChI is InChI=1S/C26H31F2N7O2/c1-16-31-24-22(35(16)19-12-26(27,28)13-19)11-17(14-29-24)21-7-8-34-23(21)15-30-25(33-34)32-18-3-5-20(6-4-18)37-10-9-36-2/h7-8,11,14-15,18-20H,3-6,9-10,12-13H2,1-2H3,(H,32,33)/t18-,20+. The van der Waals surface area contributed by atoms with Gasteiger partial charge in [0.05, 0.1) is 36.5 Å². The van der Waals surface area contributed by atoms with E-state index in [0.29, 0.717) is 36.7 Å². The van der Waals surface area contributed by atoms with Crippen LogP contribution < -0.4 is 5.32 Å². The van der Waals surface area contributed by atoms with Crippen LogP contribution in [0.5, 0.6) is 0 Å². The van der Waals surface area contributed by atoms with Crippen molar-refractivity contribution in [2.45, 2.75) is 69.6 Å². The van der Waals surface area contributed by atoms with Crippen molar-refractivity contribution in [2.75, 3.05) is 25.6 Å². The van der Waals surface area contributed by atoms with Crippen LogP contribution in [0, 0.1) is 6.92 Å². The van der Waals surface area contributed by atoms with E-state index in [9.17, 15) is 8.78 Å². The molecule has 0 saturated heterocycles. The van der Waals surface area contributed by atoms with Crippen molar-refractivity contribution in [3.05, 3.63) is 36.5 Å². The van der Waals surface area contributed by atoms with Gasteiger partial charge in [0.2, 0.25) is 5.95 Å². The quantitative estimate of drug-likeness (QED) is 0.340. The minimum absolute atomic E-state index is 0.162. The SMILES string of the molecule is COCCO[C@H]1CC[C@@H](Nc2ncc3c(-c4cnc5nc(C)n(C6CC(F)(F)C6)c5c4)ccn3n2)CC1. The molecular weight excluding hydrogens is 480 g/mol. The summed E-state index contributed by atoms with van der Waals surface area (Å²) in [7, 11) is 1.68. The fraction of sp³-hybridized carbons (Fsp3) is 0.538. The fourth-order valence-electron chi connectivity index (χ4n) is 5.58. The highest BCUT2D eigenvalue weighted by atomic mass is 19.3. The Morgan fingerprint density at radius 2 is 1.89 bits per heavy atom. The van der Waals surface area contributed by atoms with Crippen molar-refractivity contribution >= 4 is 22.6 Å². The van der Waals surface area contributed by atoms with E-state index in [4.69, 9.17) is 9.47 Å². The molecule has 196 valence electrons. The lowest BCUT2D eigenvalue weighted by Crippen LogP contribution is -2.37. The van der Waals surface area contributed by atoms with Crippen molar-refractivity contribution < 1.29 is 18.3 Å². The molecule has 0 unspecified atom stereocenters. The van der Waals surface area contributed by atoms with Gasteiger partial charge in [-0.05, 0) is 44.7 Å². The smallest absolute Gasteiger partial charge is 0.252 e. The molecule has 11 heteroatoms. The minimum atomic E-state index is -2.60. The third-order valence-corrected chi connectivity index (χ3v) is 7.53. The van der Waals surface area contributed by atoms with E-state index in [1.165, 1.54) is 0 Å². The number of methoxy groups -OCH3 is 1. The van der Waals surface area contributed by atoms with Gasteiger partial charge in [-0.3, -0.25) is 0 Å². The zero-order valence-corrected chi connectivity index (χ0v) is 21.0. The Kier molecular flexibility index (Phi) is 6.28. The fourth-order valence-corrected chi connectivity index (χ4v) is 5.58. The average molecular weight is 512 g/mol. The van der Waals surface area contributed by atoms with Gasteiger partial charge in [0.1, 0.15) is 5.82 Å². The Balaban J connectivity index is 1.18. The summed E-state index contributed by atoms with van der Waals surface area (Å²) in [4.78, 5) is 13.6. The second-order valence-corrected chi connectivity index (χ2v) is 10.1. The molecule has 0 amide bonds. The lowest BCUT2D eigenvalue weighted by atomic mass is 9.87. The third-order valence-electron chi connectivity index (χ3n) is 7.53. The van der Waals surface area contributed by atoms with Crippen LogP contribution in [0.4, 0.5) is 14.7 Å². The molecule has 6 rings (SSSR count). The van der Waals surface area contributed by atoms with E-state index in [1.807, 2.05) is 40.5 Å². The lowest BCUT2D eigenvalue weighted by molar-refractivity contribution is -0.103. The summed E-state index contributed by atoms with van der Waals surface area (Å²) >= 11 is 0. The highest BCUT2D eigenvalue weighted by Gasteiger charge is 2.47. The number of pyridine rings is 1. The van der Waals surface area contributed by atoms with E-state index in [2.05, 4.69) is 25.4 Å². The number of alkyl halides is 2. The van der Waals surface area contributed by atoms with Gasteiger partial charge in [0, 0.05) is 55.6 Å². The number of anilines is 1. The molecule has 0 bridgehead atoms. The van der Waals surface area contributed by atoms with E-state index < -0.39 is 5.92 Å². The first-order valence-electron chi connectivity index (χ1n) is 12.8. The zero-order chi connectivity index (χ0) is 25.6. The Hall–Kier alpha value is -3.18. The van der Waals surface area contributed by atoms with Gasteiger partial charge in [-0.25, -0.2) is 28.2 Å². The minimum Gasteiger partial charge on any atom is -0.382 e. The number of nitrogens with zero attached hydrogens (tertiary/aromatic N) is 6. The monoisotopic (exact) mass is 511 g/mol. The molecule has 2 saturated carbocycles. The summed E-state index contributed by atoms with van der Waals surface area (Å²) in [5.41, 5.74) is 4.00. The number of hydrogen-bond acceptors (Lipinski definition) is 7. The number of fused-ring (bicyclic) bond motifs is 2. The van der Waals surface area contributed by atoms with E-state index in [1.54, 1.807) is 13.3 Å². The Labute approximate surface area is 213 Å². The number of rotatable bonds is 8. The number of halogens is 2. The predicted molar refractivity (Wildman–Crippen MR) is 135 cm³/mol. The van der Waals surface area contributed by atoms with E-state index in [-0.39, 0.29) is 25.0 Å². The van der Waals surface area contributed by atoms with Crippen molar-refractivity contribution in [1.29, 1.82) is 0 Å². The van der Waals surface area contributed by atoms with Crippen LogP contribution in [0.25, 0.3) is 27.8 Å². The van der Waals surface area contributed by atoms with Crippen LogP contribution in [0.2, 0.25) is 0 Å². The molecule has 0 atom stereocenters. The second-order valence-electron chi connectivity index (χ2n) is 10.1. The summed E-state index contributed by atoms with van der Waals surface area (Å²) in [5.74, 6) is -1.31. The van der Waals surface area contributed by atoms with E-state index >= 15 is 0 Å². The van der Waals surface area contributed by atoms with Gasteiger partial charge >= 0.3 is 0 Å². The molecule has 4 aromatic heterocycles. The number of hydrogen-bond donors (Lipinski definition) is 1. The van der Waals surface area contributed by atoms with Crippen LogP contribution in [0.15, 0.2) is 30.7 Å². The number of aromatic nitrogens is 6. The second kappa shape index (κ2) is 9.60. The number of imidazole rings is 1. The topological polar surface area (TPSA) is 91.4 Å². The van der Waals surface area contributed by atoms with Crippen LogP contribution in [-0.4, -0.2) is 67.5 Å². The molecule has 4 heterocycles. The van der Waals surface area contributed by atoms with Crippen LogP contribution in [-0.2, 0) is 9.47 Å². The normalized spacial score (nSPS) is 21.9. The lowest BCUT2D eigenvalue weighted by Gasteiger charge is -2.36. The summed E-state index contributed by atoms with van der Waals surface area (Å²) in [6, 6.07) is 4.01. The van der Waals surface area contributed by atoms with Gasteiger partial charge in [-0.1, -0.05) is 0 Å². The first-order valence-corrected chi connectivity index (χ1v) is 12.8. The number of ether oxygens (including phenoxy) is 2. The molecule has 0 aromatic carbocycles. The highest BCUT2D eigenvalue weighted by Crippen LogP contribution is 2.47. The first-order chi connectivity index (χ1) is 17.9. The van der Waals surface area contributed by atoms with Gasteiger partial charge in [-0.2, -0.15) is 0 Å². The molecule has 4 aromatic rings. The molecule has 9 nitrogen and oxygen atoms in total. The maximum Gasteiger partial charge on any atom is 0.252 e. The Morgan fingerprint density at radius 3 is 2.65 bits per heavy atom. The summed E-state index contributed by atoms with van der Waals surface area (Å²) < 4.78 is 41.8. The Morgan fingerprint density at radius 1 is 1.08 bits per heavy atom.